The molecule has 0 N–H and O–H groups in total. The second-order valence-electron chi connectivity index (χ2n) is 3.62. The lowest BCUT2D eigenvalue weighted by atomic mass is 9.95. The number of hydrogen-bond donors (Lipinski definition) is 0. The van der Waals surface area contributed by atoms with Crippen molar-refractivity contribution in [1.82, 2.24) is 4.98 Å². The van der Waals surface area contributed by atoms with Crippen LogP contribution in [0.2, 0.25) is 0 Å². The van der Waals surface area contributed by atoms with E-state index in [1.807, 2.05) is 12.1 Å². The molecule has 3 nitrogen and oxygen atoms in total. The Morgan fingerprint density at radius 3 is 2.64 bits per heavy atom. The standard InChI is InChI=1S/C11H13NO2/c1-14-11(13)10(8-2-3-8)9-4-6-12-7-5-9/h4-8,10H,2-3H2,1H3. The van der Waals surface area contributed by atoms with Crippen LogP contribution in [0.3, 0.4) is 0 Å². The summed E-state index contributed by atoms with van der Waals surface area (Å²) in [6.07, 6.45) is 5.69. The van der Waals surface area contributed by atoms with Gasteiger partial charge in [-0.05, 0) is 36.5 Å². The predicted octanol–water partition coefficient (Wildman–Crippen LogP) is 1.75. The molecule has 74 valence electrons. The average molecular weight is 191 g/mol. The van der Waals surface area contributed by atoms with Crippen LogP contribution in [0.1, 0.15) is 24.3 Å². The molecule has 0 saturated heterocycles. The van der Waals surface area contributed by atoms with Crippen molar-refractivity contribution in [3.63, 3.8) is 0 Å². The summed E-state index contributed by atoms with van der Waals surface area (Å²) in [6.45, 7) is 0. The highest BCUT2D eigenvalue weighted by atomic mass is 16.5. The van der Waals surface area contributed by atoms with Crippen molar-refractivity contribution in [3.8, 4) is 0 Å². The largest absolute Gasteiger partial charge is 0.469 e. The van der Waals surface area contributed by atoms with E-state index in [0.717, 1.165) is 18.4 Å². The zero-order valence-electron chi connectivity index (χ0n) is 8.14. The Hall–Kier alpha value is -1.38. The molecule has 0 spiro atoms. The Morgan fingerprint density at radius 1 is 1.50 bits per heavy atom. The Morgan fingerprint density at radius 2 is 2.14 bits per heavy atom. The number of esters is 1. The van der Waals surface area contributed by atoms with Gasteiger partial charge in [-0.3, -0.25) is 9.78 Å². The smallest absolute Gasteiger partial charge is 0.313 e. The quantitative estimate of drug-likeness (QED) is 0.683. The van der Waals surface area contributed by atoms with Crippen LogP contribution in [-0.4, -0.2) is 18.1 Å². The molecule has 0 aliphatic heterocycles. The van der Waals surface area contributed by atoms with Gasteiger partial charge in [-0.2, -0.15) is 0 Å². The Labute approximate surface area is 83.1 Å². The first-order valence-electron chi connectivity index (χ1n) is 4.80. The molecule has 1 aromatic heterocycles. The number of rotatable bonds is 3. The molecule has 1 aliphatic carbocycles. The highest BCUT2D eigenvalue weighted by Gasteiger charge is 2.37. The van der Waals surface area contributed by atoms with Crippen molar-refractivity contribution in [2.24, 2.45) is 5.92 Å². The van der Waals surface area contributed by atoms with E-state index < -0.39 is 0 Å². The van der Waals surface area contributed by atoms with E-state index >= 15 is 0 Å². The van der Waals surface area contributed by atoms with Gasteiger partial charge in [0.2, 0.25) is 0 Å². The molecule has 0 bridgehead atoms. The molecule has 0 aromatic carbocycles. The zero-order valence-corrected chi connectivity index (χ0v) is 8.14. The molecule has 2 rings (SSSR count). The van der Waals surface area contributed by atoms with E-state index in [-0.39, 0.29) is 11.9 Å². The number of nitrogens with zero attached hydrogens (tertiary/aromatic N) is 1. The lowest BCUT2D eigenvalue weighted by Crippen LogP contribution is -2.16. The van der Waals surface area contributed by atoms with Gasteiger partial charge in [0.05, 0.1) is 13.0 Å². The minimum atomic E-state index is -0.126. The minimum Gasteiger partial charge on any atom is -0.469 e. The fraction of sp³-hybridized carbons (Fsp3) is 0.455. The first-order chi connectivity index (χ1) is 6.83. The molecule has 1 atom stereocenters. The van der Waals surface area contributed by atoms with Gasteiger partial charge in [-0.15, -0.1) is 0 Å². The second kappa shape index (κ2) is 3.78. The molecule has 0 amide bonds. The molecular formula is C11H13NO2. The number of methoxy groups -OCH3 is 1. The Bertz CT molecular complexity index is 319. The van der Waals surface area contributed by atoms with Crippen molar-refractivity contribution in [2.45, 2.75) is 18.8 Å². The van der Waals surface area contributed by atoms with Gasteiger partial charge in [-0.1, -0.05) is 0 Å². The maximum atomic E-state index is 11.6. The van der Waals surface area contributed by atoms with Crippen LogP contribution >= 0.6 is 0 Å². The highest BCUT2D eigenvalue weighted by molar-refractivity contribution is 5.78. The third-order valence-electron chi connectivity index (χ3n) is 2.61. The van der Waals surface area contributed by atoms with E-state index in [1.165, 1.54) is 7.11 Å². The Kier molecular flexibility index (Phi) is 2.48. The van der Waals surface area contributed by atoms with Crippen molar-refractivity contribution in [2.75, 3.05) is 7.11 Å². The fourth-order valence-electron chi connectivity index (χ4n) is 1.73. The first-order valence-corrected chi connectivity index (χ1v) is 4.80. The van der Waals surface area contributed by atoms with Gasteiger partial charge >= 0.3 is 5.97 Å². The highest BCUT2D eigenvalue weighted by Crippen LogP contribution is 2.42. The Balaban J connectivity index is 2.22. The van der Waals surface area contributed by atoms with Gasteiger partial charge in [0.25, 0.3) is 0 Å². The summed E-state index contributed by atoms with van der Waals surface area (Å²) in [6, 6.07) is 3.78. The number of ether oxygens (including phenoxy) is 1. The SMILES string of the molecule is COC(=O)C(c1ccncc1)C1CC1. The molecule has 1 aromatic rings. The maximum absolute atomic E-state index is 11.6. The molecule has 1 aliphatic rings. The molecular weight excluding hydrogens is 178 g/mol. The zero-order chi connectivity index (χ0) is 9.97. The monoisotopic (exact) mass is 191 g/mol. The summed E-state index contributed by atoms with van der Waals surface area (Å²) in [5.41, 5.74) is 1.02. The number of aromatic nitrogens is 1. The maximum Gasteiger partial charge on any atom is 0.313 e. The van der Waals surface area contributed by atoms with Crippen LogP contribution in [0.15, 0.2) is 24.5 Å². The van der Waals surface area contributed by atoms with Crippen molar-refractivity contribution in [1.29, 1.82) is 0 Å². The molecule has 1 fully saturated rings. The molecule has 3 heteroatoms. The van der Waals surface area contributed by atoms with Crippen molar-refractivity contribution in [3.05, 3.63) is 30.1 Å². The van der Waals surface area contributed by atoms with Crippen LogP contribution < -0.4 is 0 Å². The average Bonchev–Trinajstić information content (AvgIpc) is 3.04. The molecule has 1 unspecified atom stereocenters. The van der Waals surface area contributed by atoms with Crippen LogP contribution in [0.4, 0.5) is 0 Å². The third kappa shape index (κ3) is 1.76. The minimum absolute atomic E-state index is 0.0806. The van der Waals surface area contributed by atoms with Crippen LogP contribution in [0, 0.1) is 5.92 Å². The summed E-state index contributed by atoms with van der Waals surface area (Å²) >= 11 is 0. The van der Waals surface area contributed by atoms with E-state index in [2.05, 4.69) is 4.98 Å². The van der Waals surface area contributed by atoms with Crippen LogP contribution in [0.25, 0.3) is 0 Å². The van der Waals surface area contributed by atoms with Crippen LogP contribution in [0.5, 0.6) is 0 Å². The first kappa shape index (κ1) is 9.19. The van der Waals surface area contributed by atoms with Crippen molar-refractivity contribution >= 4 is 5.97 Å². The number of carbonyl (C=O) groups is 1. The normalized spacial score (nSPS) is 17.5. The van der Waals surface area contributed by atoms with Gasteiger partial charge in [0.1, 0.15) is 0 Å². The van der Waals surface area contributed by atoms with Gasteiger partial charge in [0, 0.05) is 12.4 Å². The number of pyridine rings is 1. The topological polar surface area (TPSA) is 39.2 Å². The number of hydrogen-bond acceptors (Lipinski definition) is 3. The molecule has 14 heavy (non-hydrogen) atoms. The summed E-state index contributed by atoms with van der Waals surface area (Å²) in [5, 5.41) is 0. The summed E-state index contributed by atoms with van der Waals surface area (Å²) < 4.78 is 4.81. The van der Waals surface area contributed by atoms with Gasteiger partial charge < -0.3 is 4.74 Å². The van der Waals surface area contributed by atoms with Gasteiger partial charge in [0.15, 0.2) is 0 Å². The second-order valence-corrected chi connectivity index (χ2v) is 3.62. The summed E-state index contributed by atoms with van der Waals surface area (Å²) in [7, 11) is 1.44. The van der Waals surface area contributed by atoms with E-state index in [1.54, 1.807) is 12.4 Å². The summed E-state index contributed by atoms with van der Waals surface area (Å²) in [4.78, 5) is 15.5. The molecule has 1 saturated carbocycles. The predicted molar refractivity (Wildman–Crippen MR) is 51.7 cm³/mol. The van der Waals surface area contributed by atoms with Crippen LogP contribution in [-0.2, 0) is 9.53 Å². The van der Waals surface area contributed by atoms with E-state index in [9.17, 15) is 4.79 Å². The lowest BCUT2D eigenvalue weighted by Gasteiger charge is -2.13. The molecule has 0 radical (unpaired) electrons. The number of carbonyl (C=O) groups excluding carboxylic acids is 1. The van der Waals surface area contributed by atoms with E-state index in [0.29, 0.717) is 5.92 Å². The summed E-state index contributed by atoms with van der Waals surface area (Å²) in [5.74, 6) is 0.270. The third-order valence-corrected chi connectivity index (χ3v) is 2.61. The van der Waals surface area contributed by atoms with Gasteiger partial charge in [-0.25, -0.2) is 0 Å². The van der Waals surface area contributed by atoms with Crippen molar-refractivity contribution < 1.29 is 9.53 Å². The molecule has 1 heterocycles. The van der Waals surface area contributed by atoms with E-state index in [4.69, 9.17) is 4.74 Å². The lowest BCUT2D eigenvalue weighted by molar-refractivity contribution is -0.143. The fourth-order valence-corrected chi connectivity index (χ4v) is 1.73.